The number of Topliss-reactive ketones (excluding diaryl/α,β-unsaturated/α-hetero) is 1. The van der Waals surface area contributed by atoms with Gasteiger partial charge in [-0.2, -0.15) is 10.1 Å². The van der Waals surface area contributed by atoms with Crippen LogP contribution in [0.15, 0.2) is 60.1 Å². The Morgan fingerprint density at radius 1 is 1.03 bits per heavy atom. The van der Waals surface area contributed by atoms with Gasteiger partial charge in [-0.25, -0.2) is 13.5 Å². The number of carbonyl (C=O) groups is 1. The van der Waals surface area contributed by atoms with Crippen molar-refractivity contribution < 1.29 is 13.6 Å². The van der Waals surface area contributed by atoms with Crippen LogP contribution in [0.5, 0.6) is 0 Å². The summed E-state index contributed by atoms with van der Waals surface area (Å²) in [6.45, 7) is 0. The summed E-state index contributed by atoms with van der Waals surface area (Å²) in [4.78, 5) is 17.4. The Labute approximate surface area is 170 Å². The molecule has 29 heavy (non-hydrogen) atoms. The summed E-state index contributed by atoms with van der Waals surface area (Å²) in [5, 5.41) is 8.00. The third-order valence-electron chi connectivity index (χ3n) is 5.40. The van der Waals surface area contributed by atoms with Crippen LogP contribution in [-0.2, 0) is 4.79 Å². The largest absolute Gasteiger partial charge is 0.328 e. The topological polar surface area (TPSA) is 59.8 Å². The molecule has 2 aliphatic rings. The molecular weight excluding hydrogens is 398 g/mol. The lowest BCUT2D eigenvalue weighted by atomic mass is 9.78. The summed E-state index contributed by atoms with van der Waals surface area (Å²) in [6.07, 6.45) is 2.22. The number of fused-ring (bicyclic) bond motifs is 1. The van der Waals surface area contributed by atoms with E-state index in [0.29, 0.717) is 40.6 Å². The Bertz CT molecular complexity index is 1140. The monoisotopic (exact) mass is 412 g/mol. The molecule has 5 nitrogen and oxygen atoms in total. The van der Waals surface area contributed by atoms with Gasteiger partial charge in [-0.3, -0.25) is 4.79 Å². The summed E-state index contributed by atoms with van der Waals surface area (Å²) in [7, 11) is 0. The maximum Gasteiger partial charge on any atom is 0.226 e. The molecule has 146 valence electrons. The molecule has 0 spiro atoms. The highest BCUT2D eigenvalue weighted by Crippen LogP contribution is 2.44. The molecule has 8 heteroatoms. The summed E-state index contributed by atoms with van der Waals surface area (Å²) < 4.78 is 29.3. The van der Waals surface area contributed by atoms with Crippen LogP contribution in [-0.4, -0.2) is 20.5 Å². The van der Waals surface area contributed by atoms with Gasteiger partial charge in [0.2, 0.25) is 5.95 Å². The van der Waals surface area contributed by atoms with E-state index in [1.807, 2.05) is 12.1 Å². The number of allylic oxidation sites excluding steroid dienone is 2. The number of nitrogens with one attached hydrogen (secondary N) is 1. The molecule has 0 radical (unpaired) electrons. The second kappa shape index (κ2) is 6.77. The number of carbonyl (C=O) groups excluding carboxylic acids is 1. The van der Waals surface area contributed by atoms with Gasteiger partial charge in [-0.05, 0) is 47.7 Å². The van der Waals surface area contributed by atoms with Gasteiger partial charge in [-0.1, -0.05) is 23.7 Å². The Morgan fingerprint density at radius 3 is 2.48 bits per heavy atom. The normalized spacial score (nSPS) is 20.9. The van der Waals surface area contributed by atoms with Gasteiger partial charge < -0.3 is 5.32 Å². The fourth-order valence-electron chi connectivity index (χ4n) is 4.16. The van der Waals surface area contributed by atoms with Crippen molar-refractivity contribution in [1.82, 2.24) is 14.8 Å². The molecule has 5 rings (SSSR count). The summed E-state index contributed by atoms with van der Waals surface area (Å²) in [6, 6.07) is 9.96. The highest BCUT2D eigenvalue weighted by atomic mass is 35.5. The average Bonchev–Trinajstić information content (AvgIpc) is 3.14. The maximum absolute atomic E-state index is 13.9. The smallest absolute Gasteiger partial charge is 0.226 e. The molecule has 1 aliphatic heterocycles. The number of rotatable bonds is 2. The van der Waals surface area contributed by atoms with E-state index in [1.165, 1.54) is 23.1 Å². The standard InChI is InChI=1S/C21H15ClF2N4O/c22-14-3-1-11(2-4-14)12-7-17-19(18(29)8-12)20(28-21(27-17)25-10-26-28)13-5-15(23)9-16(24)6-13/h1-6,9-10,12,20H,7-8H2,(H,25,26,27). The quantitative estimate of drug-likeness (QED) is 0.667. The van der Waals surface area contributed by atoms with Crippen molar-refractivity contribution in [2.24, 2.45) is 0 Å². The van der Waals surface area contributed by atoms with Crippen LogP contribution in [0.2, 0.25) is 5.02 Å². The molecule has 1 aliphatic carbocycles. The second-order valence-corrected chi connectivity index (χ2v) is 7.67. The van der Waals surface area contributed by atoms with Crippen LogP contribution in [0.4, 0.5) is 14.7 Å². The number of nitrogens with zero attached hydrogens (tertiary/aromatic N) is 3. The number of ketones is 1. The number of hydrogen-bond donors (Lipinski definition) is 1. The van der Waals surface area contributed by atoms with E-state index in [0.717, 1.165) is 11.6 Å². The molecule has 0 amide bonds. The van der Waals surface area contributed by atoms with Gasteiger partial charge in [-0.15, -0.1) is 0 Å². The molecule has 3 aromatic rings. The molecule has 2 atom stereocenters. The van der Waals surface area contributed by atoms with Gasteiger partial charge in [0.1, 0.15) is 24.0 Å². The Hall–Kier alpha value is -3.06. The molecule has 0 saturated carbocycles. The van der Waals surface area contributed by atoms with Crippen molar-refractivity contribution in [3.63, 3.8) is 0 Å². The van der Waals surface area contributed by atoms with E-state index < -0.39 is 17.7 Å². The molecule has 0 bridgehead atoms. The predicted molar refractivity (Wildman–Crippen MR) is 104 cm³/mol. The average molecular weight is 413 g/mol. The zero-order chi connectivity index (χ0) is 20.1. The minimum absolute atomic E-state index is 0.0228. The molecular formula is C21H15ClF2N4O. The molecule has 2 heterocycles. The van der Waals surface area contributed by atoms with Crippen molar-refractivity contribution in [2.45, 2.75) is 24.8 Å². The van der Waals surface area contributed by atoms with Gasteiger partial charge in [0.25, 0.3) is 0 Å². The fourth-order valence-corrected chi connectivity index (χ4v) is 4.29. The van der Waals surface area contributed by atoms with Crippen molar-refractivity contribution >= 4 is 23.3 Å². The first-order chi connectivity index (χ1) is 14.0. The highest BCUT2D eigenvalue weighted by Gasteiger charge is 2.39. The summed E-state index contributed by atoms with van der Waals surface area (Å²) in [5.74, 6) is -1.09. The van der Waals surface area contributed by atoms with Crippen LogP contribution in [0.3, 0.4) is 0 Å². The SMILES string of the molecule is O=C1CC(c2ccc(Cl)cc2)CC2=C1C(c1cc(F)cc(F)c1)n1ncnc1N2. The number of aromatic nitrogens is 3. The Balaban J connectivity index is 1.61. The first-order valence-electron chi connectivity index (χ1n) is 9.14. The minimum atomic E-state index is -0.729. The summed E-state index contributed by atoms with van der Waals surface area (Å²) >= 11 is 5.98. The Morgan fingerprint density at radius 2 is 1.76 bits per heavy atom. The number of hydrogen-bond acceptors (Lipinski definition) is 4. The van der Waals surface area contributed by atoms with E-state index in [1.54, 1.807) is 12.1 Å². The van der Waals surface area contributed by atoms with Gasteiger partial charge in [0, 0.05) is 28.8 Å². The molecule has 2 aromatic carbocycles. The third kappa shape index (κ3) is 3.11. The molecule has 2 unspecified atom stereocenters. The third-order valence-corrected chi connectivity index (χ3v) is 5.66. The zero-order valence-corrected chi connectivity index (χ0v) is 15.8. The minimum Gasteiger partial charge on any atom is -0.328 e. The predicted octanol–water partition coefficient (Wildman–Crippen LogP) is 4.63. The summed E-state index contributed by atoms with van der Waals surface area (Å²) in [5.41, 5.74) is 2.51. The van der Waals surface area contributed by atoms with E-state index in [9.17, 15) is 13.6 Å². The molecule has 0 saturated heterocycles. The number of anilines is 1. The van der Waals surface area contributed by atoms with E-state index >= 15 is 0 Å². The Kier molecular flexibility index (Phi) is 4.20. The van der Waals surface area contributed by atoms with Crippen molar-refractivity contribution in [3.05, 3.63) is 87.8 Å². The van der Waals surface area contributed by atoms with Gasteiger partial charge in [0.05, 0.1) is 0 Å². The van der Waals surface area contributed by atoms with Crippen LogP contribution >= 0.6 is 11.6 Å². The van der Waals surface area contributed by atoms with Crippen molar-refractivity contribution in [1.29, 1.82) is 0 Å². The lowest BCUT2D eigenvalue weighted by Crippen LogP contribution is -2.33. The lowest BCUT2D eigenvalue weighted by Gasteiger charge is -2.35. The first-order valence-corrected chi connectivity index (χ1v) is 9.51. The molecule has 0 fully saturated rings. The van der Waals surface area contributed by atoms with Crippen LogP contribution in [0.25, 0.3) is 0 Å². The maximum atomic E-state index is 13.9. The lowest BCUT2D eigenvalue weighted by molar-refractivity contribution is -0.116. The fraction of sp³-hybridized carbons (Fsp3) is 0.190. The zero-order valence-electron chi connectivity index (χ0n) is 15.1. The van der Waals surface area contributed by atoms with Crippen LogP contribution in [0.1, 0.15) is 35.9 Å². The molecule has 1 aromatic heterocycles. The highest BCUT2D eigenvalue weighted by molar-refractivity contribution is 6.30. The van der Waals surface area contributed by atoms with Gasteiger partial charge >= 0.3 is 0 Å². The first kappa shape index (κ1) is 18.0. The van der Waals surface area contributed by atoms with Gasteiger partial charge in [0.15, 0.2) is 5.78 Å². The van der Waals surface area contributed by atoms with Crippen molar-refractivity contribution in [3.8, 4) is 0 Å². The van der Waals surface area contributed by atoms with E-state index in [-0.39, 0.29) is 11.7 Å². The van der Waals surface area contributed by atoms with E-state index in [2.05, 4.69) is 15.4 Å². The number of halogens is 3. The number of benzene rings is 2. The van der Waals surface area contributed by atoms with Crippen molar-refractivity contribution in [2.75, 3.05) is 5.32 Å². The van der Waals surface area contributed by atoms with Crippen LogP contribution in [0, 0.1) is 11.6 Å². The van der Waals surface area contributed by atoms with Crippen LogP contribution < -0.4 is 5.32 Å². The van der Waals surface area contributed by atoms with E-state index in [4.69, 9.17) is 11.6 Å². The second-order valence-electron chi connectivity index (χ2n) is 7.23. The molecule has 1 N–H and O–H groups in total.